The Morgan fingerprint density at radius 1 is 1.00 bits per heavy atom. The van der Waals surface area contributed by atoms with Crippen LogP contribution in [0.1, 0.15) is 51.3 Å². The number of ether oxygens (including phenoxy) is 1. The first-order valence-corrected chi connectivity index (χ1v) is 12.9. The second kappa shape index (κ2) is 12.8. The molecule has 0 saturated heterocycles. The molecule has 4 N–H and O–H groups in total. The third-order valence-electron chi connectivity index (χ3n) is 6.01. The molecule has 40 heavy (non-hydrogen) atoms. The number of fused-ring (bicyclic) bond motifs is 1. The molecule has 3 rings (SSSR count). The molecule has 208 valence electrons. The highest BCUT2D eigenvalue weighted by Crippen LogP contribution is 2.28. The lowest BCUT2D eigenvalue weighted by molar-refractivity contribution is -0.141. The molecule has 9 heteroatoms. The number of carbonyl (C=O) groups is 4. The zero-order valence-electron chi connectivity index (χ0n) is 23.1. The maximum Gasteiger partial charge on any atom is 0.408 e. The number of hydrogen-bond donors (Lipinski definition) is 3. The van der Waals surface area contributed by atoms with Gasteiger partial charge in [-0.1, -0.05) is 54.5 Å². The van der Waals surface area contributed by atoms with Gasteiger partial charge in [-0.3, -0.25) is 14.4 Å². The van der Waals surface area contributed by atoms with E-state index in [0.717, 1.165) is 10.8 Å². The van der Waals surface area contributed by atoms with Gasteiger partial charge in [-0.15, -0.1) is 6.42 Å². The Morgan fingerprint density at radius 3 is 2.27 bits per heavy atom. The highest BCUT2D eigenvalue weighted by molar-refractivity contribution is 6.01. The molecule has 9 nitrogen and oxygen atoms in total. The maximum absolute atomic E-state index is 13.9. The number of hydrogen-bond acceptors (Lipinski definition) is 5. The van der Waals surface area contributed by atoms with E-state index in [0.29, 0.717) is 16.8 Å². The maximum atomic E-state index is 13.9. The van der Waals surface area contributed by atoms with Gasteiger partial charge in [0.25, 0.3) is 5.91 Å². The summed E-state index contributed by atoms with van der Waals surface area (Å²) in [6.45, 7) is 6.74. The van der Waals surface area contributed by atoms with E-state index in [4.69, 9.17) is 16.9 Å². The average Bonchev–Trinajstić information content (AvgIpc) is 2.89. The molecule has 2 unspecified atom stereocenters. The summed E-state index contributed by atoms with van der Waals surface area (Å²) in [6.07, 6.45) is 4.36. The third kappa shape index (κ3) is 7.60. The Morgan fingerprint density at radius 2 is 1.65 bits per heavy atom. The van der Waals surface area contributed by atoms with E-state index in [1.807, 2.05) is 36.4 Å². The molecule has 0 aliphatic rings. The van der Waals surface area contributed by atoms with Crippen molar-refractivity contribution in [3.63, 3.8) is 0 Å². The number of nitrogens with zero attached hydrogens (tertiary/aromatic N) is 1. The SMILES string of the molecule is C#Cc1ccccc1C(C(=O)Nc1ccc2ccccc2c1)N(CC)C(=O)C(CC(N)=O)NC(=O)OC(C)(C)C. The van der Waals surface area contributed by atoms with Crippen molar-refractivity contribution in [1.82, 2.24) is 10.2 Å². The molecule has 4 amide bonds. The summed E-state index contributed by atoms with van der Waals surface area (Å²) in [7, 11) is 0. The van der Waals surface area contributed by atoms with Gasteiger partial charge in [0.15, 0.2) is 0 Å². The molecule has 0 saturated carbocycles. The number of nitrogens with two attached hydrogens (primary N) is 1. The third-order valence-corrected chi connectivity index (χ3v) is 6.01. The van der Waals surface area contributed by atoms with Crippen molar-refractivity contribution in [1.29, 1.82) is 0 Å². The fraction of sp³-hybridized carbons (Fsp3) is 0.290. The summed E-state index contributed by atoms with van der Waals surface area (Å²) >= 11 is 0. The van der Waals surface area contributed by atoms with E-state index < -0.39 is 47.9 Å². The Kier molecular flexibility index (Phi) is 9.51. The zero-order valence-corrected chi connectivity index (χ0v) is 23.1. The number of nitrogens with one attached hydrogen (secondary N) is 2. The fourth-order valence-electron chi connectivity index (χ4n) is 4.31. The van der Waals surface area contributed by atoms with Crippen LogP contribution in [0.5, 0.6) is 0 Å². The van der Waals surface area contributed by atoms with Crippen LogP contribution in [0.15, 0.2) is 66.7 Å². The first-order chi connectivity index (χ1) is 18.9. The predicted octanol–water partition coefficient (Wildman–Crippen LogP) is 4.12. The van der Waals surface area contributed by atoms with E-state index in [1.165, 1.54) is 4.90 Å². The van der Waals surface area contributed by atoms with Gasteiger partial charge in [0.05, 0.1) is 6.42 Å². The van der Waals surface area contributed by atoms with Crippen LogP contribution in [0.2, 0.25) is 0 Å². The standard InChI is InChI=1S/C31H34N4O5/c1-6-20-12-10-11-15-24(20)27(28(37)33-23-17-16-21-13-8-9-14-22(21)18-23)35(7-2)29(38)25(19-26(32)36)34-30(39)40-31(3,4)5/h1,8-18,25,27H,7,19H2,2-5H3,(H2,32,36)(H,33,37)(H,34,39). The molecule has 0 spiro atoms. The van der Waals surface area contributed by atoms with Crippen LogP contribution in [-0.2, 0) is 19.1 Å². The Hall–Kier alpha value is -4.84. The number of benzene rings is 3. The first kappa shape index (κ1) is 29.7. The lowest BCUT2D eigenvalue weighted by atomic mass is 9.97. The minimum atomic E-state index is -1.37. The van der Waals surface area contributed by atoms with E-state index in [-0.39, 0.29) is 6.54 Å². The van der Waals surface area contributed by atoms with Crippen molar-refractivity contribution >= 4 is 40.3 Å². The van der Waals surface area contributed by atoms with Crippen molar-refractivity contribution in [2.24, 2.45) is 5.73 Å². The summed E-state index contributed by atoms with van der Waals surface area (Å²) in [6, 6.07) is 17.4. The van der Waals surface area contributed by atoms with Gasteiger partial charge < -0.3 is 26.0 Å². The number of amides is 4. The van der Waals surface area contributed by atoms with Crippen LogP contribution in [-0.4, -0.2) is 46.9 Å². The molecule has 3 aromatic rings. The van der Waals surface area contributed by atoms with Gasteiger partial charge in [-0.25, -0.2) is 4.79 Å². The molecular formula is C31H34N4O5. The van der Waals surface area contributed by atoms with Gasteiger partial charge in [-0.05, 0) is 62.2 Å². The Bertz CT molecular complexity index is 1450. The van der Waals surface area contributed by atoms with Crippen molar-refractivity contribution < 1.29 is 23.9 Å². The van der Waals surface area contributed by atoms with Crippen LogP contribution < -0.4 is 16.4 Å². The van der Waals surface area contributed by atoms with E-state index in [9.17, 15) is 19.2 Å². The van der Waals surface area contributed by atoms with Crippen molar-refractivity contribution in [2.45, 2.75) is 51.8 Å². The lowest BCUT2D eigenvalue weighted by Crippen LogP contribution is -2.53. The second-order valence-corrected chi connectivity index (χ2v) is 10.2. The van der Waals surface area contributed by atoms with Crippen molar-refractivity contribution in [3.8, 4) is 12.3 Å². The summed E-state index contributed by atoms with van der Waals surface area (Å²) < 4.78 is 5.28. The minimum Gasteiger partial charge on any atom is -0.444 e. The molecule has 3 aromatic carbocycles. The molecule has 0 heterocycles. The molecule has 0 aliphatic heterocycles. The Labute approximate surface area is 234 Å². The van der Waals surface area contributed by atoms with Crippen LogP contribution >= 0.6 is 0 Å². The zero-order chi connectivity index (χ0) is 29.4. The van der Waals surface area contributed by atoms with E-state index in [1.54, 1.807) is 58.0 Å². The molecule has 0 aliphatic carbocycles. The molecule has 0 bridgehead atoms. The monoisotopic (exact) mass is 542 g/mol. The largest absolute Gasteiger partial charge is 0.444 e. The van der Waals surface area contributed by atoms with Crippen molar-refractivity contribution in [3.05, 3.63) is 77.9 Å². The number of terminal acetylenes is 1. The van der Waals surface area contributed by atoms with E-state index in [2.05, 4.69) is 16.6 Å². The highest BCUT2D eigenvalue weighted by Gasteiger charge is 2.37. The van der Waals surface area contributed by atoms with Gasteiger partial charge >= 0.3 is 6.09 Å². The number of rotatable bonds is 9. The average molecular weight is 543 g/mol. The summed E-state index contributed by atoms with van der Waals surface area (Å²) in [5.41, 5.74) is 5.91. The quantitative estimate of drug-likeness (QED) is 0.350. The summed E-state index contributed by atoms with van der Waals surface area (Å²) in [5, 5.41) is 7.26. The first-order valence-electron chi connectivity index (χ1n) is 12.9. The topological polar surface area (TPSA) is 131 Å². The number of carbonyl (C=O) groups excluding carboxylic acids is 4. The van der Waals surface area contributed by atoms with Crippen LogP contribution in [0.3, 0.4) is 0 Å². The molecular weight excluding hydrogens is 508 g/mol. The molecule has 0 aromatic heterocycles. The second-order valence-electron chi connectivity index (χ2n) is 10.2. The van der Waals surface area contributed by atoms with Crippen LogP contribution in [0, 0.1) is 12.3 Å². The van der Waals surface area contributed by atoms with E-state index >= 15 is 0 Å². The number of likely N-dealkylation sites (N-methyl/N-ethyl adjacent to an activating group) is 1. The lowest BCUT2D eigenvalue weighted by Gasteiger charge is -2.34. The number of primary amides is 1. The number of alkyl carbamates (subject to hydrolysis) is 1. The van der Waals surface area contributed by atoms with Gasteiger partial charge in [0.2, 0.25) is 11.8 Å². The smallest absolute Gasteiger partial charge is 0.408 e. The Balaban J connectivity index is 2.02. The summed E-state index contributed by atoms with van der Waals surface area (Å²) in [5.74, 6) is 0.540. The predicted molar refractivity (Wildman–Crippen MR) is 154 cm³/mol. The highest BCUT2D eigenvalue weighted by atomic mass is 16.6. The number of anilines is 1. The van der Waals surface area contributed by atoms with Gasteiger partial charge in [-0.2, -0.15) is 0 Å². The van der Waals surface area contributed by atoms with Gasteiger partial charge in [0.1, 0.15) is 17.7 Å². The van der Waals surface area contributed by atoms with Crippen LogP contribution in [0.25, 0.3) is 10.8 Å². The van der Waals surface area contributed by atoms with Gasteiger partial charge in [0, 0.05) is 17.8 Å². The minimum absolute atomic E-state index is 0.0544. The normalized spacial score (nSPS) is 12.5. The summed E-state index contributed by atoms with van der Waals surface area (Å²) in [4.78, 5) is 53.4. The molecule has 2 atom stereocenters. The molecule has 0 fully saturated rings. The van der Waals surface area contributed by atoms with Crippen LogP contribution in [0.4, 0.5) is 10.5 Å². The molecule has 0 radical (unpaired) electrons. The fourth-order valence-corrected chi connectivity index (χ4v) is 4.31. The van der Waals surface area contributed by atoms with Crippen molar-refractivity contribution in [2.75, 3.05) is 11.9 Å².